The van der Waals surface area contributed by atoms with Crippen LogP contribution in [-0.2, 0) is 0 Å². The molecule has 0 unspecified atom stereocenters. The Morgan fingerprint density at radius 2 is 2.12 bits per heavy atom. The van der Waals surface area contributed by atoms with E-state index in [4.69, 9.17) is 22.7 Å². The van der Waals surface area contributed by atoms with Crippen molar-refractivity contribution in [1.29, 1.82) is 5.41 Å². The van der Waals surface area contributed by atoms with Crippen molar-refractivity contribution < 1.29 is 0 Å². The number of benzene rings is 1. The van der Waals surface area contributed by atoms with E-state index in [1.807, 2.05) is 26.0 Å². The Morgan fingerprint density at radius 1 is 1.41 bits per heavy atom. The van der Waals surface area contributed by atoms with Crippen LogP contribution >= 0.6 is 11.6 Å². The van der Waals surface area contributed by atoms with E-state index in [0.717, 1.165) is 16.9 Å². The molecule has 0 aliphatic heterocycles. The van der Waals surface area contributed by atoms with Crippen molar-refractivity contribution in [1.82, 2.24) is 9.78 Å². The molecular weight excluding hydrogens is 236 g/mol. The number of aromatic nitrogens is 2. The molecule has 0 saturated heterocycles. The van der Waals surface area contributed by atoms with Crippen LogP contribution in [0.4, 0.5) is 0 Å². The fourth-order valence-corrected chi connectivity index (χ4v) is 1.86. The first-order valence-corrected chi connectivity index (χ1v) is 5.54. The Balaban J connectivity index is 2.69. The van der Waals surface area contributed by atoms with Crippen molar-refractivity contribution in [2.75, 3.05) is 0 Å². The fraction of sp³-hybridized carbons (Fsp3) is 0.167. The first-order valence-electron chi connectivity index (χ1n) is 5.17. The fourth-order valence-electron chi connectivity index (χ4n) is 1.73. The van der Waals surface area contributed by atoms with Crippen LogP contribution in [0.1, 0.15) is 16.8 Å². The van der Waals surface area contributed by atoms with Crippen LogP contribution < -0.4 is 5.73 Å². The van der Waals surface area contributed by atoms with Gasteiger partial charge >= 0.3 is 0 Å². The van der Waals surface area contributed by atoms with Crippen LogP contribution in [0.25, 0.3) is 5.69 Å². The second-order valence-corrected chi connectivity index (χ2v) is 4.30. The summed E-state index contributed by atoms with van der Waals surface area (Å²) < 4.78 is 1.67. The third-order valence-corrected chi connectivity index (χ3v) is 2.97. The van der Waals surface area contributed by atoms with Crippen LogP contribution in [0.5, 0.6) is 0 Å². The predicted octanol–water partition coefficient (Wildman–Crippen LogP) is 2.43. The summed E-state index contributed by atoms with van der Waals surface area (Å²) in [6, 6.07) is 5.62. The second-order valence-electron chi connectivity index (χ2n) is 3.89. The summed E-state index contributed by atoms with van der Waals surface area (Å²) in [4.78, 5) is 0. The average Bonchev–Trinajstić information content (AvgIpc) is 2.58. The highest BCUT2D eigenvalue weighted by Crippen LogP contribution is 2.22. The van der Waals surface area contributed by atoms with Gasteiger partial charge in [-0.25, -0.2) is 4.68 Å². The van der Waals surface area contributed by atoms with Crippen molar-refractivity contribution in [2.24, 2.45) is 5.73 Å². The lowest BCUT2D eigenvalue weighted by molar-refractivity contribution is 0.853. The third-order valence-electron chi connectivity index (χ3n) is 2.60. The maximum Gasteiger partial charge on any atom is 0.124 e. The Morgan fingerprint density at radius 3 is 2.65 bits per heavy atom. The van der Waals surface area contributed by atoms with Gasteiger partial charge in [0.1, 0.15) is 5.84 Å². The molecule has 5 heteroatoms. The minimum Gasteiger partial charge on any atom is -0.384 e. The van der Waals surface area contributed by atoms with Crippen molar-refractivity contribution in [3.63, 3.8) is 0 Å². The quantitative estimate of drug-likeness (QED) is 0.633. The van der Waals surface area contributed by atoms with E-state index in [9.17, 15) is 0 Å². The van der Waals surface area contributed by atoms with Gasteiger partial charge in [-0.2, -0.15) is 5.10 Å². The summed E-state index contributed by atoms with van der Waals surface area (Å²) in [5, 5.41) is 12.5. The monoisotopic (exact) mass is 248 g/mol. The number of hydrogen-bond donors (Lipinski definition) is 2. The van der Waals surface area contributed by atoms with Crippen molar-refractivity contribution >= 4 is 17.4 Å². The van der Waals surface area contributed by atoms with Crippen LogP contribution in [0.15, 0.2) is 24.4 Å². The molecule has 0 fully saturated rings. The predicted molar refractivity (Wildman–Crippen MR) is 69.1 cm³/mol. The highest BCUT2D eigenvalue weighted by molar-refractivity contribution is 6.31. The minimum absolute atomic E-state index is 0.0213. The Bertz CT molecular complexity index is 567. The summed E-state index contributed by atoms with van der Waals surface area (Å²) in [6.07, 6.45) is 1.73. The molecule has 1 aromatic carbocycles. The number of nitrogen functional groups attached to an aromatic ring is 1. The topological polar surface area (TPSA) is 67.7 Å². The maximum absolute atomic E-state index is 7.59. The van der Waals surface area contributed by atoms with Gasteiger partial charge in [0.15, 0.2) is 0 Å². The van der Waals surface area contributed by atoms with Gasteiger partial charge in [-0.1, -0.05) is 23.7 Å². The summed E-state index contributed by atoms with van der Waals surface area (Å²) in [7, 11) is 0. The third kappa shape index (κ3) is 2.03. The Kier molecular flexibility index (Phi) is 2.90. The number of aryl methyl sites for hydroxylation is 2. The largest absolute Gasteiger partial charge is 0.384 e. The molecule has 3 N–H and O–H groups in total. The molecule has 17 heavy (non-hydrogen) atoms. The summed E-state index contributed by atoms with van der Waals surface area (Å²) in [5.74, 6) is 0.0213. The molecular formula is C12H13ClN4. The van der Waals surface area contributed by atoms with Gasteiger partial charge < -0.3 is 5.73 Å². The molecule has 4 nitrogen and oxygen atoms in total. The van der Waals surface area contributed by atoms with Gasteiger partial charge in [-0.15, -0.1) is 0 Å². The molecule has 1 heterocycles. The zero-order valence-electron chi connectivity index (χ0n) is 9.66. The number of amidine groups is 1. The lowest BCUT2D eigenvalue weighted by atomic mass is 10.1. The highest BCUT2D eigenvalue weighted by Gasteiger charge is 2.12. The minimum atomic E-state index is 0.0213. The van der Waals surface area contributed by atoms with Gasteiger partial charge in [-0.3, -0.25) is 5.41 Å². The summed E-state index contributed by atoms with van der Waals surface area (Å²) >= 11 is 6.00. The van der Waals surface area contributed by atoms with Crippen LogP contribution in [-0.4, -0.2) is 15.6 Å². The number of halogens is 1. The first-order chi connectivity index (χ1) is 8.00. The van der Waals surface area contributed by atoms with Gasteiger partial charge in [0, 0.05) is 11.8 Å². The number of rotatable bonds is 2. The van der Waals surface area contributed by atoms with E-state index >= 15 is 0 Å². The molecule has 0 spiro atoms. The lowest BCUT2D eigenvalue weighted by Gasteiger charge is -2.11. The Hall–Kier alpha value is -1.81. The summed E-state index contributed by atoms with van der Waals surface area (Å²) in [6.45, 7) is 3.79. The number of nitrogens with one attached hydrogen (secondary N) is 1. The Labute approximate surface area is 105 Å². The van der Waals surface area contributed by atoms with E-state index in [-0.39, 0.29) is 5.84 Å². The van der Waals surface area contributed by atoms with E-state index in [1.165, 1.54) is 0 Å². The highest BCUT2D eigenvalue weighted by atomic mass is 35.5. The molecule has 0 saturated carbocycles. The molecule has 0 aliphatic carbocycles. The standard InChI is InChI=1S/C12H13ClN4/c1-7-4-3-5-9(12(14)15)11(7)17-6-10(13)8(2)16-17/h3-6H,1-2H3,(H3,14,15). The number of nitrogens with zero attached hydrogens (tertiary/aromatic N) is 2. The van der Waals surface area contributed by atoms with Crippen molar-refractivity contribution in [3.8, 4) is 5.69 Å². The molecule has 0 bridgehead atoms. The van der Waals surface area contributed by atoms with Crippen molar-refractivity contribution in [2.45, 2.75) is 13.8 Å². The van der Waals surface area contributed by atoms with Crippen molar-refractivity contribution in [3.05, 3.63) is 46.2 Å². The molecule has 2 rings (SSSR count). The molecule has 1 aromatic heterocycles. The second kappa shape index (κ2) is 4.22. The molecule has 0 radical (unpaired) electrons. The molecule has 2 aromatic rings. The zero-order chi connectivity index (χ0) is 12.6. The normalized spacial score (nSPS) is 10.5. The van der Waals surface area contributed by atoms with E-state index in [2.05, 4.69) is 5.10 Å². The van der Waals surface area contributed by atoms with Gasteiger partial charge in [-0.05, 0) is 25.5 Å². The van der Waals surface area contributed by atoms with E-state index in [0.29, 0.717) is 10.6 Å². The number of nitrogens with two attached hydrogens (primary N) is 1. The van der Waals surface area contributed by atoms with Gasteiger partial charge in [0.25, 0.3) is 0 Å². The summed E-state index contributed by atoms with van der Waals surface area (Å²) in [5.41, 5.74) is 8.78. The molecule has 0 aliphatic rings. The average molecular weight is 249 g/mol. The smallest absolute Gasteiger partial charge is 0.124 e. The maximum atomic E-state index is 7.59. The number of para-hydroxylation sites is 1. The lowest BCUT2D eigenvalue weighted by Crippen LogP contribution is -2.16. The molecule has 0 amide bonds. The zero-order valence-corrected chi connectivity index (χ0v) is 10.4. The van der Waals surface area contributed by atoms with Gasteiger partial charge in [0.2, 0.25) is 0 Å². The van der Waals surface area contributed by atoms with Crippen LogP contribution in [0.3, 0.4) is 0 Å². The molecule has 0 atom stereocenters. The van der Waals surface area contributed by atoms with E-state index < -0.39 is 0 Å². The van der Waals surface area contributed by atoms with Gasteiger partial charge in [0.05, 0.1) is 16.4 Å². The first kappa shape index (κ1) is 11.7. The SMILES string of the molecule is Cc1cccc(C(=N)N)c1-n1cc(Cl)c(C)n1. The molecule has 88 valence electrons. The van der Waals surface area contributed by atoms with Crippen LogP contribution in [0, 0.1) is 19.3 Å². The van der Waals surface area contributed by atoms with E-state index in [1.54, 1.807) is 16.9 Å². The number of hydrogen-bond acceptors (Lipinski definition) is 2. The van der Waals surface area contributed by atoms with Crippen LogP contribution in [0.2, 0.25) is 5.02 Å².